The molecule has 0 aliphatic heterocycles. The molecule has 2 rings (SSSR count). The lowest BCUT2D eigenvalue weighted by Crippen LogP contribution is -2.25. The third kappa shape index (κ3) is 4.09. The van der Waals surface area contributed by atoms with Crippen LogP contribution < -0.4 is 4.18 Å². The second-order valence-electron chi connectivity index (χ2n) is 4.08. The number of para-hydroxylation sites is 1. The lowest BCUT2D eigenvalue weighted by atomic mass is 9.96. The molecule has 1 aliphatic rings. The SMILES string of the molecule is O=S(Oc1ccccc1)OC1CCCC(F)C1. The minimum absolute atomic E-state index is 0.303. The zero-order chi connectivity index (χ0) is 12.1. The van der Waals surface area contributed by atoms with Crippen LogP contribution in [0.15, 0.2) is 30.3 Å². The Bertz CT molecular complexity index is 371. The molecule has 5 heteroatoms. The van der Waals surface area contributed by atoms with Crippen molar-refractivity contribution in [3.05, 3.63) is 30.3 Å². The minimum Gasteiger partial charge on any atom is -0.380 e. The van der Waals surface area contributed by atoms with E-state index >= 15 is 0 Å². The van der Waals surface area contributed by atoms with Crippen molar-refractivity contribution in [2.24, 2.45) is 0 Å². The molecule has 17 heavy (non-hydrogen) atoms. The number of hydrogen-bond donors (Lipinski definition) is 0. The highest BCUT2D eigenvalue weighted by molar-refractivity contribution is 7.75. The monoisotopic (exact) mass is 258 g/mol. The summed E-state index contributed by atoms with van der Waals surface area (Å²) < 4.78 is 34.9. The van der Waals surface area contributed by atoms with Crippen LogP contribution in [0.25, 0.3) is 0 Å². The summed E-state index contributed by atoms with van der Waals surface area (Å²) >= 11 is -1.85. The summed E-state index contributed by atoms with van der Waals surface area (Å²) in [7, 11) is 0. The quantitative estimate of drug-likeness (QED) is 0.833. The van der Waals surface area contributed by atoms with E-state index in [1.54, 1.807) is 24.3 Å². The molecule has 94 valence electrons. The van der Waals surface area contributed by atoms with Crippen LogP contribution in [-0.4, -0.2) is 16.5 Å². The highest BCUT2D eigenvalue weighted by atomic mass is 32.2. The summed E-state index contributed by atoms with van der Waals surface area (Å²) in [6.45, 7) is 0. The Morgan fingerprint density at radius 3 is 2.71 bits per heavy atom. The van der Waals surface area contributed by atoms with Crippen molar-refractivity contribution in [3.63, 3.8) is 0 Å². The average Bonchev–Trinajstić information content (AvgIpc) is 2.30. The molecule has 0 saturated heterocycles. The summed E-state index contributed by atoms with van der Waals surface area (Å²) in [5.41, 5.74) is 0. The highest BCUT2D eigenvalue weighted by Crippen LogP contribution is 2.24. The molecule has 1 aromatic rings. The Kier molecular flexibility index (Phi) is 4.50. The lowest BCUT2D eigenvalue weighted by Gasteiger charge is -2.23. The maximum atomic E-state index is 13.1. The standard InChI is InChI=1S/C12H15FO3S/c13-10-5-4-8-12(9-10)16-17(14)15-11-6-2-1-3-7-11/h1-3,6-7,10,12H,4-5,8-9H2. The van der Waals surface area contributed by atoms with Gasteiger partial charge in [0.25, 0.3) is 0 Å². The number of halogens is 1. The van der Waals surface area contributed by atoms with Gasteiger partial charge in [0.05, 0.1) is 6.10 Å². The molecule has 3 unspecified atom stereocenters. The van der Waals surface area contributed by atoms with Gasteiger partial charge in [0, 0.05) is 6.42 Å². The summed E-state index contributed by atoms with van der Waals surface area (Å²) in [6, 6.07) is 8.79. The van der Waals surface area contributed by atoms with E-state index in [1.807, 2.05) is 6.07 Å². The second-order valence-corrected chi connectivity index (χ2v) is 4.85. The number of hydrogen-bond acceptors (Lipinski definition) is 3. The molecule has 1 aromatic carbocycles. The zero-order valence-corrected chi connectivity index (χ0v) is 10.2. The molecule has 3 atom stereocenters. The highest BCUT2D eigenvalue weighted by Gasteiger charge is 2.24. The van der Waals surface area contributed by atoms with E-state index in [2.05, 4.69) is 0 Å². The summed E-state index contributed by atoms with van der Waals surface area (Å²) in [4.78, 5) is 0. The molecule has 3 nitrogen and oxygen atoms in total. The van der Waals surface area contributed by atoms with Crippen LogP contribution in [0.2, 0.25) is 0 Å². The van der Waals surface area contributed by atoms with Crippen LogP contribution in [0.5, 0.6) is 5.75 Å². The Labute approximate surface area is 103 Å². The van der Waals surface area contributed by atoms with Gasteiger partial charge in [-0.3, -0.25) is 4.18 Å². The van der Waals surface area contributed by atoms with E-state index in [9.17, 15) is 8.60 Å². The van der Waals surface area contributed by atoms with Crippen molar-refractivity contribution in [1.29, 1.82) is 0 Å². The van der Waals surface area contributed by atoms with Crippen molar-refractivity contribution in [2.75, 3.05) is 0 Å². The van der Waals surface area contributed by atoms with Gasteiger partial charge in [0.15, 0.2) is 0 Å². The van der Waals surface area contributed by atoms with Crippen LogP contribution in [0.4, 0.5) is 4.39 Å². The van der Waals surface area contributed by atoms with E-state index in [0.717, 1.165) is 12.8 Å². The minimum atomic E-state index is -1.85. The molecule has 1 fully saturated rings. The summed E-state index contributed by atoms with van der Waals surface area (Å²) in [5, 5.41) is 0. The Morgan fingerprint density at radius 2 is 2.00 bits per heavy atom. The van der Waals surface area contributed by atoms with Gasteiger partial charge in [0.2, 0.25) is 0 Å². The lowest BCUT2D eigenvalue weighted by molar-refractivity contribution is 0.107. The van der Waals surface area contributed by atoms with Gasteiger partial charge >= 0.3 is 11.4 Å². The van der Waals surface area contributed by atoms with Gasteiger partial charge in [-0.25, -0.2) is 4.39 Å². The van der Waals surface area contributed by atoms with Gasteiger partial charge in [-0.2, -0.15) is 4.21 Å². The second kappa shape index (κ2) is 6.12. The number of alkyl halides is 1. The molecule has 0 bridgehead atoms. The molecular weight excluding hydrogens is 243 g/mol. The fourth-order valence-electron chi connectivity index (χ4n) is 1.86. The third-order valence-electron chi connectivity index (χ3n) is 2.68. The van der Waals surface area contributed by atoms with E-state index < -0.39 is 17.5 Å². The molecule has 0 amide bonds. The predicted molar refractivity (Wildman–Crippen MR) is 63.4 cm³/mol. The average molecular weight is 258 g/mol. The summed E-state index contributed by atoms with van der Waals surface area (Å²) in [6.07, 6.45) is 1.25. The Morgan fingerprint density at radius 1 is 1.24 bits per heavy atom. The van der Waals surface area contributed by atoms with Crippen molar-refractivity contribution < 1.29 is 17.0 Å². The molecule has 1 saturated carbocycles. The van der Waals surface area contributed by atoms with Gasteiger partial charge in [0.1, 0.15) is 11.9 Å². The smallest absolute Gasteiger partial charge is 0.360 e. The first-order valence-corrected chi connectivity index (χ1v) is 6.70. The first-order valence-electron chi connectivity index (χ1n) is 5.70. The Balaban J connectivity index is 1.81. The molecular formula is C12H15FO3S. The van der Waals surface area contributed by atoms with E-state index in [4.69, 9.17) is 8.37 Å². The first-order chi connectivity index (χ1) is 8.24. The molecule has 0 aromatic heterocycles. The van der Waals surface area contributed by atoms with E-state index in [0.29, 0.717) is 18.6 Å². The maximum absolute atomic E-state index is 13.1. The van der Waals surface area contributed by atoms with Crippen molar-refractivity contribution in [3.8, 4) is 5.75 Å². The molecule has 0 radical (unpaired) electrons. The first kappa shape index (κ1) is 12.5. The van der Waals surface area contributed by atoms with Crippen molar-refractivity contribution >= 4 is 11.4 Å². The van der Waals surface area contributed by atoms with E-state index in [1.165, 1.54) is 0 Å². The van der Waals surface area contributed by atoms with Gasteiger partial charge < -0.3 is 4.18 Å². The topological polar surface area (TPSA) is 35.5 Å². The fraction of sp³-hybridized carbons (Fsp3) is 0.500. The number of rotatable bonds is 4. The van der Waals surface area contributed by atoms with Crippen LogP contribution in [-0.2, 0) is 15.5 Å². The van der Waals surface area contributed by atoms with Gasteiger partial charge in [-0.1, -0.05) is 18.2 Å². The van der Waals surface area contributed by atoms with Crippen LogP contribution in [0.3, 0.4) is 0 Å². The molecule has 0 N–H and O–H groups in total. The van der Waals surface area contributed by atoms with E-state index in [-0.39, 0.29) is 6.10 Å². The zero-order valence-electron chi connectivity index (χ0n) is 9.38. The fourth-order valence-corrected chi connectivity index (χ4v) is 2.57. The van der Waals surface area contributed by atoms with Crippen LogP contribution in [0, 0.1) is 0 Å². The predicted octanol–water partition coefficient (Wildman–Crippen LogP) is 2.94. The third-order valence-corrected chi connectivity index (χ3v) is 3.44. The molecule has 1 aliphatic carbocycles. The van der Waals surface area contributed by atoms with Crippen LogP contribution in [0.1, 0.15) is 25.7 Å². The van der Waals surface area contributed by atoms with Gasteiger partial charge in [-0.05, 0) is 31.4 Å². The maximum Gasteiger partial charge on any atom is 0.360 e. The normalized spacial score (nSPS) is 26.4. The Hall–Kier alpha value is -0.940. The number of benzene rings is 1. The van der Waals surface area contributed by atoms with Crippen LogP contribution >= 0.6 is 0 Å². The van der Waals surface area contributed by atoms with Crippen molar-refractivity contribution in [2.45, 2.75) is 38.0 Å². The molecule has 0 spiro atoms. The molecule has 0 heterocycles. The van der Waals surface area contributed by atoms with Gasteiger partial charge in [-0.15, -0.1) is 0 Å². The summed E-state index contributed by atoms with van der Waals surface area (Å²) in [5.74, 6) is 0.485. The van der Waals surface area contributed by atoms with Crippen molar-refractivity contribution in [1.82, 2.24) is 0 Å². The largest absolute Gasteiger partial charge is 0.380 e.